The molecule has 0 unspecified atom stereocenters. The van der Waals surface area contributed by atoms with Crippen LogP contribution >= 0.6 is 0 Å². The Balaban J connectivity index is 1.51. The highest BCUT2D eigenvalue weighted by molar-refractivity contribution is 5.78. The minimum atomic E-state index is -0.616. The van der Waals surface area contributed by atoms with Gasteiger partial charge in [0.2, 0.25) is 11.8 Å². The molecule has 1 saturated carbocycles. The summed E-state index contributed by atoms with van der Waals surface area (Å²) in [5.74, 6) is -0.279. The van der Waals surface area contributed by atoms with E-state index in [9.17, 15) is 13.6 Å². The zero-order chi connectivity index (χ0) is 21.3. The first-order valence-electron chi connectivity index (χ1n) is 9.81. The summed E-state index contributed by atoms with van der Waals surface area (Å²) in [5.41, 5.74) is 0.590. The average molecular weight is 416 g/mol. The number of hydrogen-bond donors (Lipinski definition) is 1. The summed E-state index contributed by atoms with van der Waals surface area (Å²) in [5, 5.41) is 2.68. The molecule has 4 rings (SSSR count). The number of ether oxygens (including phenoxy) is 2. The van der Waals surface area contributed by atoms with Crippen LogP contribution < -0.4 is 14.8 Å². The molecule has 0 bridgehead atoms. The van der Waals surface area contributed by atoms with E-state index in [1.54, 1.807) is 13.0 Å². The maximum atomic E-state index is 14.5. The molecule has 1 fully saturated rings. The van der Waals surface area contributed by atoms with Gasteiger partial charge in [0.15, 0.2) is 23.0 Å². The van der Waals surface area contributed by atoms with Gasteiger partial charge in [0.05, 0.1) is 12.6 Å². The zero-order valence-electron chi connectivity index (χ0n) is 16.7. The van der Waals surface area contributed by atoms with Crippen molar-refractivity contribution in [2.45, 2.75) is 32.7 Å². The lowest BCUT2D eigenvalue weighted by Crippen LogP contribution is -2.35. The molecular formula is C22H22F2N2O4. The normalized spacial score (nSPS) is 14.5. The van der Waals surface area contributed by atoms with Gasteiger partial charge in [-0.1, -0.05) is 0 Å². The Hall–Kier alpha value is -3.16. The number of fused-ring (bicyclic) bond motifs is 1. The highest BCUT2D eigenvalue weighted by Gasteiger charge is 2.23. The largest absolute Gasteiger partial charge is 0.491 e. The Morgan fingerprint density at radius 1 is 1.23 bits per heavy atom. The van der Waals surface area contributed by atoms with E-state index in [4.69, 9.17) is 13.9 Å². The van der Waals surface area contributed by atoms with Crippen LogP contribution in [0.3, 0.4) is 0 Å². The molecule has 8 heteroatoms. The molecule has 1 aliphatic carbocycles. The van der Waals surface area contributed by atoms with Gasteiger partial charge < -0.3 is 19.2 Å². The number of oxazole rings is 1. The summed E-state index contributed by atoms with van der Waals surface area (Å²) in [6, 6.07) is 6.88. The van der Waals surface area contributed by atoms with Gasteiger partial charge in [-0.15, -0.1) is 0 Å². The number of carbonyl (C=O) groups is 1. The molecule has 1 atom stereocenters. The fourth-order valence-corrected chi connectivity index (χ4v) is 3.02. The van der Waals surface area contributed by atoms with Crippen molar-refractivity contribution in [1.82, 2.24) is 10.3 Å². The second-order valence-electron chi connectivity index (χ2n) is 7.58. The molecule has 158 valence electrons. The van der Waals surface area contributed by atoms with Crippen LogP contribution in [-0.4, -0.2) is 30.1 Å². The van der Waals surface area contributed by atoms with Crippen LogP contribution in [0.2, 0.25) is 0 Å². The van der Waals surface area contributed by atoms with Gasteiger partial charge in [0, 0.05) is 24.6 Å². The SMILES string of the molecule is CC(=O)N[C@@H](C)COc1cc(F)c2nc(-c3ccc(OCC4CC4)c(F)c3)oc2c1. The van der Waals surface area contributed by atoms with Crippen LogP contribution in [0.1, 0.15) is 26.7 Å². The van der Waals surface area contributed by atoms with Crippen LogP contribution in [0, 0.1) is 17.6 Å². The van der Waals surface area contributed by atoms with Gasteiger partial charge in [-0.2, -0.15) is 0 Å². The average Bonchev–Trinajstić information content (AvgIpc) is 3.41. The number of carbonyl (C=O) groups excluding carboxylic acids is 1. The molecule has 2 aromatic carbocycles. The van der Waals surface area contributed by atoms with Crippen LogP contribution in [-0.2, 0) is 4.79 Å². The summed E-state index contributed by atoms with van der Waals surface area (Å²) < 4.78 is 45.5. The highest BCUT2D eigenvalue weighted by atomic mass is 19.1. The molecule has 1 amide bonds. The van der Waals surface area contributed by atoms with Crippen molar-refractivity contribution in [3.63, 3.8) is 0 Å². The Labute approximate surface area is 172 Å². The maximum absolute atomic E-state index is 14.5. The number of amides is 1. The summed E-state index contributed by atoms with van der Waals surface area (Å²) in [6.45, 7) is 3.86. The van der Waals surface area contributed by atoms with Crippen LogP contribution in [0.5, 0.6) is 11.5 Å². The second kappa shape index (κ2) is 8.30. The Bertz CT molecular complexity index is 1080. The van der Waals surface area contributed by atoms with E-state index < -0.39 is 11.6 Å². The molecule has 30 heavy (non-hydrogen) atoms. The van der Waals surface area contributed by atoms with Crippen molar-refractivity contribution >= 4 is 17.0 Å². The monoisotopic (exact) mass is 416 g/mol. The van der Waals surface area contributed by atoms with E-state index in [-0.39, 0.29) is 47.0 Å². The van der Waals surface area contributed by atoms with Crippen molar-refractivity contribution < 1.29 is 27.5 Å². The van der Waals surface area contributed by atoms with E-state index in [1.807, 2.05) is 0 Å². The van der Waals surface area contributed by atoms with Crippen LogP contribution in [0.15, 0.2) is 34.7 Å². The minimum absolute atomic E-state index is 0.0294. The van der Waals surface area contributed by atoms with Gasteiger partial charge in [-0.05, 0) is 43.9 Å². The van der Waals surface area contributed by atoms with Crippen molar-refractivity contribution in [2.24, 2.45) is 5.92 Å². The minimum Gasteiger partial charge on any atom is -0.491 e. The van der Waals surface area contributed by atoms with E-state index in [2.05, 4.69) is 10.3 Å². The van der Waals surface area contributed by atoms with E-state index in [0.29, 0.717) is 18.1 Å². The van der Waals surface area contributed by atoms with Crippen molar-refractivity contribution in [2.75, 3.05) is 13.2 Å². The molecule has 1 aliphatic rings. The topological polar surface area (TPSA) is 73.6 Å². The molecule has 0 aliphatic heterocycles. The number of nitrogens with zero attached hydrogens (tertiary/aromatic N) is 1. The first kappa shape index (κ1) is 20.1. The summed E-state index contributed by atoms with van der Waals surface area (Å²) in [6.07, 6.45) is 2.23. The van der Waals surface area contributed by atoms with Gasteiger partial charge in [0.1, 0.15) is 17.9 Å². The van der Waals surface area contributed by atoms with Gasteiger partial charge in [-0.25, -0.2) is 13.8 Å². The number of halogens is 2. The zero-order valence-corrected chi connectivity index (χ0v) is 16.7. The van der Waals surface area contributed by atoms with E-state index in [0.717, 1.165) is 12.8 Å². The lowest BCUT2D eigenvalue weighted by molar-refractivity contribution is -0.119. The standard InChI is InChI=1S/C22H22F2N2O4/c1-12(25-13(2)27)10-28-16-8-18(24)21-20(9-16)30-22(26-21)15-5-6-19(17(23)7-15)29-11-14-3-4-14/h5-9,12,14H,3-4,10-11H2,1-2H3,(H,25,27)/t12-/m0/s1. The lowest BCUT2D eigenvalue weighted by Gasteiger charge is -2.13. The van der Waals surface area contributed by atoms with Gasteiger partial charge in [-0.3, -0.25) is 4.79 Å². The van der Waals surface area contributed by atoms with E-state index >= 15 is 0 Å². The number of rotatable bonds is 8. The number of benzene rings is 2. The fraction of sp³-hybridized carbons (Fsp3) is 0.364. The Morgan fingerprint density at radius 2 is 2.03 bits per heavy atom. The van der Waals surface area contributed by atoms with Crippen LogP contribution in [0.25, 0.3) is 22.6 Å². The first-order chi connectivity index (χ1) is 14.4. The number of aromatic nitrogens is 1. The summed E-state index contributed by atoms with van der Waals surface area (Å²) >= 11 is 0. The molecule has 6 nitrogen and oxygen atoms in total. The number of nitrogens with one attached hydrogen (secondary N) is 1. The molecule has 0 spiro atoms. The van der Waals surface area contributed by atoms with Crippen molar-refractivity contribution in [3.8, 4) is 23.0 Å². The van der Waals surface area contributed by atoms with Crippen LogP contribution in [0.4, 0.5) is 8.78 Å². The summed E-state index contributed by atoms with van der Waals surface area (Å²) in [7, 11) is 0. The number of hydrogen-bond acceptors (Lipinski definition) is 5. The second-order valence-corrected chi connectivity index (χ2v) is 7.58. The third-order valence-corrected chi connectivity index (χ3v) is 4.72. The van der Waals surface area contributed by atoms with E-state index in [1.165, 1.54) is 31.2 Å². The van der Waals surface area contributed by atoms with Gasteiger partial charge >= 0.3 is 0 Å². The van der Waals surface area contributed by atoms with Gasteiger partial charge in [0.25, 0.3) is 0 Å². The predicted octanol–water partition coefficient (Wildman–Crippen LogP) is 4.47. The quantitative estimate of drug-likeness (QED) is 0.587. The fourth-order valence-electron chi connectivity index (χ4n) is 3.02. The molecule has 0 radical (unpaired) electrons. The molecule has 1 heterocycles. The maximum Gasteiger partial charge on any atom is 0.227 e. The van der Waals surface area contributed by atoms with Crippen molar-refractivity contribution in [1.29, 1.82) is 0 Å². The first-order valence-corrected chi connectivity index (χ1v) is 9.81. The smallest absolute Gasteiger partial charge is 0.227 e. The lowest BCUT2D eigenvalue weighted by atomic mass is 10.2. The molecule has 0 saturated heterocycles. The predicted molar refractivity (Wildman–Crippen MR) is 106 cm³/mol. The third-order valence-electron chi connectivity index (χ3n) is 4.72. The molecule has 1 aromatic heterocycles. The third kappa shape index (κ3) is 4.69. The highest BCUT2D eigenvalue weighted by Crippen LogP contribution is 2.33. The Morgan fingerprint density at radius 3 is 2.73 bits per heavy atom. The summed E-state index contributed by atoms with van der Waals surface area (Å²) in [4.78, 5) is 15.2. The molecular weight excluding hydrogens is 394 g/mol. The Kier molecular flexibility index (Phi) is 5.57. The van der Waals surface area contributed by atoms with Crippen molar-refractivity contribution in [3.05, 3.63) is 42.0 Å². The molecule has 3 aromatic rings. The molecule has 1 N–H and O–H groups in total.